The molecule has 1 amide bonds. The first-order chi connectivity index (χ1) is 16.9. The van der Waals surface area contributed by atoms with E-state index >= 15 is 0 Å². The van der Waals surface area contributed by atoms with Crippen molar-refractivity contribution >= 4 is 23.7 Å². The Morgan fingerprint density at radius 3 is 2.51 bits per heavy atom. The SMILES string of the molecule is C=C1C(=O)CC(=O)C1(CN1Cc2ccc(OC)cc2C1=O)c1cnc(C2C=NC=CC2)nc1.CC. The summed E-state index contributed by atoms with van der Waals surface area (Å²) in [5, 5.41) is 0. The van der Waals surface area contributed by atoms with Crippen LogP contribution in [-0.4, -0.2) is 52.2 Å². The number of allylic oxidation sites excluding steroid dienone is 1. The number of ketones is 2. The molecule has 5 rings (SSSR count). The van der Waals surface area contributed by atoms with Crippen molar-refractivity contribution in [3.63, 3.8) is 0 Å². The lowest BCUT2D eigenvalue weighted by atomic mass is 9.76. The Kier molecular flexibility index (Phi) is 6.73. The van der Waals surface area contributed by atoms with Gasteiger partial charge in [-0.05, 0) is 24.1 Å². The predicted molar refractivity (Wildman–Crippen MR) is 132 cm³/mol. The Bertz CT molecular complexity index is 1250. The molecule has 1 aliphatic carbocycles. The third-order valence-corrected chi connectivity index (χ3v) is 6.62. The Hall–Kier alpha value is -3.94. The van der Waals surface area contributed by atoms with E-state index in [1.54, 1.807) is 49.0 Å². The molecule has 1 fully saturated rings. The van der Waals surface area contributed by atoms with Gasteiger partial charge in [0.15, 0.2) is 11.6 Å². The zero-order valence-corrected chi connectivity index (χ0v) is 20.2. The maximum absolute atomic E-state index is 13.2. The van der Waals surface area contributed by atoms with Crippen molar-refractivity contribution in [2.75, 3.05) is 13.7 Å². The summed E-state index contributed by atoms with van der Waals surface area (Å²) in [5.74, 6) is 0.290. The van der Waals surface area contributed by atoms with Crippen molar-refractivity contribution < 1.29 is 19.1 Å². The molecule has 3 heterocycles. The number of nitrogens with zero attached hydrogens (tertiary/aromatic N) is 4. The van der Waals surface area contributed by atoms with Gasteiger partial charge in [0.05, 0.1) is 19.4 Å². The molecule has 1 aromatic carbocycles. The third-order valence-electron chi connectivity index (χ3n) is 6.62. The van der Waals surface area contributed by atoms with E-state index in [4.69, 9.17) is 4.74 Å². The number of methoxy groups -OCH3 is 1. The van der Waals surface area contributed by atoms with Crippen molar-refractivity contribution in [2.45, 2.75) is 44.6 Å². The van der Waals surface area contributed by atoms with Crippen molar-refractivity contribution in [1.29, 1.82) is 0 Å². The topological polar surface area (TPSA) is 102 Å². The molecule has 3 aliphatic rings. The van der Waals surface area contributed by atoms with E-state index in [-0.39, 0.29) is 41.9 Å². The van der Waals surface area contributed by atoms with Crippen LogP contribution < -0.4 is 4.74 Å². The summed E-state index contributed by atoms with van der Waals surface area (Å²) in [6.45, 7) is 8.29. The quantitative estimate of drug-likeness (QED) is 0.487. The Labute approximate surface area is 204 Å². The van der Waals surface area contributed by atoms with E-state index in [9.17, 15) is 14.4 Å². The zero-order chi connectivity index (χ0) is 25.2. The predicted octanol–water partition coefficient (Wildman–Crippen LogP) is 3.58. The number of hydrogen-bond donors (Lipinski definition) is 0. The second-order valence-corrected chi connectivity index (χ2v) is 8.45. The molecule has 35 heavy (non-hydrogen) atoms. The number of ether oxygens (including phenoxy) is 1. The second-order valence-electron chi connectivity index (χ2n) is 8.45. The molecule has 8 nitrogen and oxygen atoms in total. The summed E-state index contributed by atoms with van der Waals surface area (Å²) in [5.41, 5.74) is 0.652. The van der Waals surface area contributed by atoms with Crippen molar-refractivity contribution in [3.8, 4) is 5.75 Å². The van der Waals surface area contributed by atoms with Gasteiger partial charge in [0, 0.05) is 54.6 Å². The van der Waals surface area contributed by atoms with Gasteiger partial charge in [-0.25, -0.2) is 9.97 Å². The molecule has 2 aromatic rings. The molecule has 0 spiro atoms. The summed E-state index contributed by atoms with van der Waals surface area (Å²) in [4.78, 5) is 53.6. The van der Waals surface area contributed by atoms with Crippen LogP contribution in [0.3, 0.4) is 0 Å². The molecule has 0 N–H and O–H groups in total. The highest BCUT2D eigenvalue weighted by molar-refractivity contribution is 6.23. The van der Waals surface area contributed by atoms with Crippen LogP contribution in [0.5, 0.6) is 5.75 Å². The molecule has 0 bridgehead atoms. The maximum atomic E-state index is 13.2. The number of Topliss-reactive ketones (excluding diaryl/α,β-unsaturated/α-hetero) is 2. The fourth-order valence-electron chi connectivity index (χ4n) is 4.71. The van der Waals surface area contributed by atoms with E-state index in [0.29, 0.717) is 29.2 Å². The third kappa shape index (κ3) is 4.09. The monoisotopic (exact) mass is 472 g/mol. The Morgan fingerprint density at radius 1 is 1.17 bits per heavy atom. The van der Waals surface area contributed by atoms with Gasteiger partial charge in [0.2, 0.25) is 0 Å². The van der Waals surface area contributed by atoms with Crippen molar-refractivity contribution in [2.24, 2.45) is 4.99 Å². The number of carbonyl (C=O) groups is 3. The molecule has 180 valence electrons. The smallest absolute Gasteiger partial charge is 0.254 e. The first-order valence-electron chi connectivity index (χ1n) is 11.7. The van der Waals surface area contributed by atoms with Gasteiger partial charge in [-0.2, -0.15) is 0 Å². The molecule has 2 atom stereocenters. The molecule has 1 aromatic heterocycles. The number of rotatable bonds is 5. The lowest BCUT2D eigenvalue weighted by molar-refractivity contribution is -0.123. The number of aromatic nitrogens is 2. The molecule has 2 aliphatic heterocycles. The minimum atomic E-state index is -1.36. The van der Waals surface area contributed by atoms with E-state index in [0.717, 1.165) is 12.0 Å². The van der Waals surface area contributed by atoms with Crippen LogP contribution in [0.2, 0.25) is 0 Å². The molecular weight excluding hydrogens is 444 g/mol. The highest BCUT2D eigenvalue weighted by atomic mass is 16.5. The number of aliphatic imine (C=N–C) groups is 1. The van der Waals surface area contributed by atoms with Gasteiger partial charge < -0.3 is 9.64 Å². The van der Waals surface area contributed by atoms with Gasteiger partial charge in [-0.1, -0.05) is 32.6 Å². The minimum Gasteiger partial charge on any atom is -0.497 e. The fraction of sp³-hybridized carbons (Fsp3) is 0.333. The fourth-order valence-corrected chi connectivity index (χ4v) is 4.71. The maximum Gasteiger partial charge on any atom is 0.254 e. The molecule has 0 saturated heterocycles. The lowest BCUT2D eigenvalue weighted by Crippen LogP contribution is -2.45. The van der Waals surface area contributed by atoms with Crippen LogP contribution in [0.4, 0.5) is 0 Å². The normalized spacial score (nSPS) is 22.8. The molecule has 0 radical (unpaired) electrons. The first kappa shape index (κ1) is 24.2. The van der Waals surface area contributed by atoms with E-state index in [1.807, 2.05) is 26.0 Å². The van der Waals surface area contributed by atoms with Crippen LogP contribution in [0.1, 0.15) is 59.9 Å². The average molecular weight is 473 g/mol. The zero-order valence-electron chi connectivity index (χ0n) is 20.2. The standard InChI is InChI=1S/C25H22N4O4.C2H6/c1-15-21(30)9-22(31)25(15,18-11-27-23(28-12-18)16-4-3-7-26-10-16)14-29-13-17-5-6-19(33-2)8-20(17)24(29)32;1-2/h3,5-8,10-12,16H,1,4,9,13-14H2,2H3;1-2H3. The van der Waals surface area contributed by atoms with Gasteiger partial charge >= 0.3 is 0 Å². The largest absolute Gasteiger partial charge is 0.497 e. The average Bonchev–Trinajstić information content (AvgIpc) is 3.33. The number of hydrogen-bond acceptors (Lipinski definition) is 7. The molecule has 2 unspecified atom stereocenters. The highest BCUT2D eigenvalue weighted by Crippen LogP contribution is 2.42. The number of fused-ring (bicyclic) bond motifs is 1. The van der Waals surface area contributed by atoms with Gasteiger partial charge in [0.25, 0.3) is 5.91 Å². The van der Waals surface area contributed by atoms with Gasteiger partial charge in [-0.15, -0.1) is 0 Å². The first-order valence-corrected chi connectivity index (χ1v) is 11.7. The Morgan fingerprint density at radius 2 is 1.91 bits per heavy atom. The van der Waals surface area contributed by atoms with Crippen molar-refractivity contribution in [3.05, 3.63) is 77.5 Å². The Balaban J connectivity index is 0.00000141. The molecule has 1 saturated carbocycles. The van der Waals surface area contributed by atoms with Gasteiger partial charge in [-0.3, -0.25) is 19.4 Å². The van der Waals surface area contributed by atoms with E-state index in [1.165, 1.54) is 0 Å². The van der Waals surface area contributed by atoms with Crippen LogP contribution >= 0.6 is 0 Å². The van der Waals surface area contributed by atoms with Crippen LogP contribution in [0.15, 0.2) is 60.0 Å². The van der Waals surface area contributed by atoms with Crippen molar-refractivity contribution in [1.82, 2.24) is 14.9 Å². The van der Waals surface area contributed by atoms with Crippen LogP contribution in [0, 0.1) is 0 Å². The summed E-state index contributed by atoms with van der Waals surface area (Å²) >= 11 is 0. The highest BCUT2D eigenvalue weighted by Gasteiger charge is 2.53. The number of amides is 1. The lowest BCUT2D eigenvalue weighted by Gasteiger charge is -2.32. The number of benzene rings is 1. The summed E-state index contributed by atoms with van der Waals surface area (Å²) < 4.78 is 5.24. The van der Waals surface area contributed by atoms with E-state index < -0.39 is 5.41 Å². The van der Waals surface area contributed by atoms with Crippen LogP contribution in [-0.2, 0) is 21.5 Å². The van der Waals surface area contributed by atoms with Crippen LogP contribution in [0.25, 0.3) is 0 Å². The second kappa shape index (κ2) is 9.74. The summed E-state index contributed by atoms with van der Waals surface area (Å²) in [6, 6.07) is 5.33. The molecular formula is C27H28N4O4. The van der Waals surface area contributed by atoms with Gasteiger partial charge in [0.1, 0.15) is 17.0 Å². The molecule has 8 heteroatoms. The minimum absolute atomic E-state index is 0.00255. The van der Waals surface area contributed by atoms with E-state index in [2.05, 4.69) is 21.5 Å². The summed E-state index contributed by atoms with van der Waals surface area (Å²) in [7, 11) is 1.54. The summed E-state index contributed by atoms with van der Waals surface area (Å²) in [6.07, 6.45) is 9.09. The number of carbonyl (C=O) groups excluding carboxylic acids is 3.